The second-order valence-corrected chi connectivity index (χ2v) is 11.3. The Morgan fingerprint density at radius 3 is 2.33 bits per heavy atom. The first-order chi connectivity index (χ1) is 21.3. The van der Waals surface area contributed by atoms with Crippen molar-refractivity contribution in [2.45, 2.75) is 50.0 Å². The molecule has 11 heteroatoms. The lowest BCUT2D eigenvalue weighted by Crippen LogP contribution is -2.51. The molecule has 1 aliphatic heterocycles. The van der Waals surface area contributed by atoms with E-state index in [2.05, 4.69) is 10.6 Å². The van der Waals surface area contributed by atoms with Crippen molar-refractivity contribution in [1.29, 1.82) is 0 Å². The molecule has 2 N–H and O–H groups in total. The summed E-state index contributed by atoms with van der Waals surface area (Å²) in [6, 6.07) is 20.1. The zero-order valence-electron chi connectivity index (χ0n) is 25.6. The van der Waals surface area contributed by atoms with E-state index >= 15 is 0 Å². The maximum atomic E-state index is 14.0. The van der Waals surface area contributed by atoms with Gasteiger partial charge in [-0.05, 0) is 61.4 Å². The first-order valence-electron chi connectivity index (χ1n) is 15.1. The fourth-order valence-corrected chi connectivity index (χ4v) is 6.50. The number of ether oxygens (including phenoxy) is 1. The monoisotopic (exact) mass is 632 g/mol. The Hall–Kier alpha value is -4.38. The smallest absolute Gasteiger partial charge is 0.325 e. The van der Waals surface area contributed by atoms with Gasteiger partial charge in [-0.25, -0.2) is 0 Å². The van der Waals surface area contributed by atoms with E-state index in [1.807, 2.05) is 59.5 Å². The average Bonchev–Trinajstić information content (AvgIpc) is 3.05. The number of likely N-dealkylation sites (tertiary alicyclic amines) is 1. The maximum absolute atomic E-state index is 14.0. The van der Waals surface area contributed by atoms with Crippen molar-refractivity contribution in [3.63, 3.8) is 0 Å². The Balaban J connectivity index is 0.00000461. The number of pyridine rings is 1. The van der Waals surface area contributed by atoms with Crippen molar-refractivity contribution in [2.75, 3.05) is 26.2 Å². The molecule has 1 saturated heterocycles. The molecule has 3 amide bonds. The van der Waals surface area contributed by atoms with Gasteiger partial charge in [0, 0.05) is 32.4 Å². The number of carbonyl (C=O) groups is 4. The van der Waals surface area contributed by atoms with Crippen LogP contribution in [0.5, 0.6) is 0 Å². The highest BCUT2D eigenvalue weighted by molar-refractivity contribution is 7.59. The van der Waals surface area contributed by atoms with Gasteiger partial charge in [0.25, 0.3) is 11.5 Å². The molecule has 0 bridgehead atoms. The Morgan fingerprint density at radius 1 is 0.933 bits per heavy atom. The molecule has 0 unspecified atom stereocenters. The summed E-state index contributed by atoms with van der Waals surface area (Å²) in [5.74, 6) is -1.66. The van der Waals surface area contributed by atoms with Crippen LogP contribution in [0.1, 0.15) is 65.6 Å². The molecule has 2 atom stereocenters. The van der Waals surface area contributed by atoms with Crippen LogP contribution in [0.2, 0.25) is 0 Å². The molecule has 0 radical (unpaired) electrons. The van der Waals surface area contributed by atoms with Crippen LogP contribution in [0.3, 0.4) is 0 Å². The van der Waals surface area contributed by atoms with Crippen molar-refractivity contribution in [2.24, 2.45) is 7.05 Å². The number of esters is 1. The van der Waals surface area contributed by atoms with Gasteiger partial charge in [-0.15, -0.1) is 0 Å². The SMILES string of the molecule is CCOC(=O)CNC(=O)[C@@]1(c2ccccc2)CC[C@H](C(=O)N2CCC(NC(=O)c3cccn(C)c3=O)CC2)c2ccccc21.S. The Kier molecular flexibility index (Phi) is 10.9. The summed E-state index contributed by atoms with van der Waals surface area (Å²) in [6.07, 6.45) is 3.59. The number of nitrogens with zero attached hydrogens (tertiary/aromatic N) is 2. The third kappa shape index (κ3) is 6.83. The predicted molar refractivity (Wildman–Crippen MR) is 174 cm³/mol. The molecule has 1 aliphatic carbocycles. The van der Waals surface area contributed by atoms with Crippen molar-refractivity contribution in [1.82, 2.24) is 20.1 Å². The van der Waals surface area contributed by atoms with Gasteiger partial charge in [0.05, 0.1) is 17.9 Å². The summed E-state index contributed by atoms with van der Waals surface area (Å²) >= 11 is 0. The molecular weight excluding hydrogens is 592 g/mol. The maximum Gasteiger partial charge on any atom is 0.325 e. The van der Waals surface area contributed by atoms with Gasteiger partial charge in [-0.2, -0.15) is 13.5 Å². The zero-order valence-corrected chi connectivity index (χ0v) is 26.6. The Labute approximate surface area is 269 Å². The minimum absolute atomic E-state index is 0. The molecule has 2 heterocycles. The fraction of sp³-hybridized carbons (Fsp3) is 0.382. The lowest BCUT2D eigenvalue weighted by molar-refractivity contribution is -0.144. The molecule has 0 spiro atoms. The molecule has 238 valence electrons. The molecule has 5 rings (SSSR count). The first-order valence-corrected chi connectivity index (χ1v) is 15.1. The van der Waals surface area contributed by atoms with E-state index in [0.717, 1.165) is 16.7 Å². The van der Waals surface area contributed by atoms with E-state index in [-0.39, 0.29) is 55.6 Å². The third-order valence-corrected chi connectivity index (χ3v) is 8.76. The van der Waals surface area contributed by atoms with Crippen molar-refractivity contribution < 1.29 is 23.9 Å². The van der Waals surface area contributed by atoms with E-state index in [4.69, 9.17) is 4.74 Å². The van der Waals surface area contributed by atoms with Crippen LogP contribution < -0.4 is 16.2 Å². The van der Waals surface area contributed by atoms with Crippen molar-refractivity contribution >= 4 is 37.2 Å². The number of benzene rings is 2. The molecule has 10 nitrogen and oxygen atoms in total. The van der Waals surface area contributed by atoms with Gasteiger partial charge in [0.2, 0.25) is 11.8 Å². The van der Waals surface area contributed by atoms with Crippen molar-refractivity contribution in [3.8, 4) is 0 Å². The Morgan fingerprint density at radius 2 is 1.62 bits per heavy atom. The van der Waals surface area contributed by atoms with Crippen molar-refractivity contribution in [3.05, 3.63) is 106 Å². The molecule has 2 aliphatic rings. The van der Waals surface area contributed by atoms with E-state index in [9.17, 15) is 24.0 Å². The molecule has 3 aromatic rings. The average molecular weight is 633 g/mol. The standard InChI is InChI=1S/C34H38N4O6.H2S/c1-3-44-29(39)22-35-33(43)34(23-10-5-4-6-11-23)18-15-26(25-12-7-8-14-28(25)34)32(42)38-20-16-24(17-21-38)36-30(40)27-13-9-19-37(2)31(27)41;/h4-14,19,24,26H,3,15-18,20-22H2,1-2H3,(H,35,43)(H,36,40);1H2/t26-,34+;/m0./s1. The molecule has 1 aromatic heterocycles. The van der Waals surface area contributed by atoms with Crippen LogP contribution in [0.4, 0.5) is 0 Å². The van der Waals surface area contributed by atoms with Crippen LogP contribution in [0, 0.1) is 0 Å². The van der Waals surface area contributed by atoms with E-state index < -0.39 is 23.2 Å². The van der Waals surface area contributed by atoms with E-state index in [1.165, 1.54) is 10.6 Å². The minimum Gasteiger partial charge on any atom is -0.465 e. The van der Waals surface area contributed by atoms with Crippen LogP contribution in [0.25, 0.3) is 0 Å². The number of carbonyl (C=O) groups excluding carboxylic acids is 4. The van der Waals surface area contributed by atoms with Gasteiger partial charge >= 0.3 is 5.97 Å². The zero-order chi connectivity index (χ0) is 31.3. The fourth-order valence-electron chi connectivity index (χ4n) is 6.50. The summed E-state index contributed by atoms with van der Waals surface area (Å²) in [7, 11) is 1.60. The highest BCUT2D eigenvalue weighted by atomic mass is 32.1. The molecular formula is C34H40N4O6S. The second-order valence-electron chi connectivity index (χ2n) is 11.3. The predicted octanol–water partition coefficient (Wildman–Crippen LogP) is 2.76. The van der Waals surface area contributed by atoms with Gasteiger partial charge in [-0.3, -0.25) is 24.0 Å². The second kappa shape index (κ2) is 14.6. The number of piperidine rings is 1. The number of amides is 3. The van der Waals surface area contributed by atoms with Gasteiger partial charge < -0.3 is 24.8 Å². The van der Waals surface area contributed by atoms with Crippen LogP contribution in [-0.2, 0) is 31.6 Å². The topological polar surface area (TPSA) is 127 Å². The van der Waals surface area contributed by atoms with Crippen LogP contribution in [0.15, 0.2) is 77.7 Å². The summed E-state index contributed by atoms with van der Waals surface area (Å²) in [4.78, 5) is 67.0. The first kappa shape index (κ1) is 33.5. The number of fused-ring (bicyclic) bond motifs is 1. The molecule has 2 aromatic carbocycles. The number of hydrogen-bond donors (Lipinski definition) is 2. The molecule has 45 heavy (non-hydrogen) atoms. The number of hydrogen-bond acceptors (Lipinski definition) is 6. The Bertz CT molecular complexity index is 1600. The van der Waals surface area contributed by atoms with Crippen LogP contribution in [-0.4, -0.2) is 65.4 Å². The summed E-state index contributed by atoms with van der Waals surface area (Å²) in [5.41, 5.74) is 1.02. The van der Waals surface area contributed by atoms with Gasteiger partial charge in [0.1, 0.15) is 12.1 Å². The number of aryl methyl sites for hydroxylation is 1. The van der Waals surface area contributed by atoms with Gasteiger partial charge in [-0.1, -0.05) is 54.6 Å². The summed E-state index contributed by atoms with van der Waals surface area (Å²) in [5, 5.41) is 5.76. The summed E-state index contributed by atoms with van der Waals surface area (Å²) in [6.45, 7) is 2.64. The number of rotatable bonds is 8. The minimum atomic E-state index is -1.08. The van der Waals surface area contributed by atoms with E-state index in [1.54, 1.807) is 26.2 Å². The largest absolute Gasteiger partial charge is 0.465 e. The number of nitrogens with one attached hydrogen (secondary N) is 2. The lowest BCUT2D eigenvalue weighted by Gasteiger charge is -2.42. The van der Waals surface area contributed by atoms with Gasteiger partial charge in [0.15, 0.2) is 0 Å². The number of aromatic nitrogens is 1. The lowest BCUT2D eigenvalue weighted by atomic mass is 9.62. The van der Waals surface area contributed by atoms with E-state index in [0.29, 0.717) is 38.8 Å². The highest BCUT2D eigenvalue weighted by Gasteiger charge is 2.49. The summed E-state index contributed by atoms with van der Waals surface area (Å²) < 4.78 is 6.39. The molecule has 1 fully saturated rings. The third-order valence-electron chi connectivity index (χ3n) is 8.76. The highest BCUT2D eigenvalue weighted by Crippen LogP contribution is 2.48. The normalized spacial score (nSPS) is 19.4. The van der Waals surface area contributed by atoms with Crippen LogP contribution >= 0.6 is 13.5 Å². The quantitative estimate of drug-likeness (QED) is 0.368. The molecule has 0 saturated carbocycles.